The number of halogens is 3. The molecule has 1 fully saturated rings. The van der Waals surface area contributed by atoms with Crippen LogP contribution in [0, 0.1) is 23.7 Å². The van der Waals surface area contributed by atoms with Gasteiger partial charge in [-0.1, -0.05) is 13.8 Å². The van der Waals surface area contributed by atoms with Gasteiger partial charge in [0.2, 0.25) is 0 Å². The van der Waals surface area contributed by atoms with E-state index in [2.05, 4.69) is 13.8 Å². The Bertz CT molecular complexity index is 205. The first kappa shape index (κ1) is 13.8. The van der Waals surface area contributed by atoms with Crippen LogP contribution >= 0.6 is 0 Å². The van der Waals surface area contributed by atoms with Gasteiger partial charge in [-0.3, -0.25) is 0 Å². The highest BCUT2D eigenvalue weighted by Crippen LogP contribution is 2.42. The van der Waals surface area contributed by atoms with Crippen LogP contribution in [-0.4, -0.2) is 12.7 Å². The summed E-state index contributed by atoms with van der Waals surface area (Å²) in [6.07, 6.45) is -0.900. The lowest BCUT2D eigenvalue weighted by Crippen LogP contribution is -2.38. The van der Waals surface area contributed by atoms with Crippen molar-refractivity contribution < 1.29 is 13.2 Å². The second-order valence-electron chi connectivity index (χ2n) is 5.30. The van der Waals surface area contributed by atoms with Crippen molar-refractivity contribution in [2.45, 2.75) is 45.7 Å². The second-order valence-corrected chi connectivity index (χ2v) is 5.30. The van der Waals surface area contributed by atoms with E-state index in [1.807, 2.05) is 0 Å². The van der Waals surface area contributed by atoms with E-state index in [0.717, 1.165) is 12.8 Å². The van der Waals surface area contributed by atoms with Gasteiger partial charge < -0.3 is 5.73 Å². The molecule has 1 nitrogen and oxygen atoms in total. The summed E-state index contributed by atoms with van der Waals surface area (Å²) >= 11 is 0. The Kier molecular flexibility index (Phi) is 4.65. The third-order valence-corrected chi connectivity index (χ3v) is 4.00. The molecule has 1 saturated carbocycles. The molecule has 1 aliphatic carbocycles. The van der Waals surface area contributed by atoms with E-state index in [-0.39, 0.29) is 12.5 Å². The molecule has 1 unspecified atom stereocenters. The molecule has 0 radical (unpaired) electrons. The summed E-state index contributed by atoms with van der Waals surface area (Å²) in [4.78, 5) is 0. The molecular formula is C12H22F3N. The second kappa shape index (κ2) is 5.39. The monoisotopic (exact) mass is 237 g/mol. The van der Waals surface area contributed by atoms with Gasteiger partial charge in [0, 0.05) is 6.54 Å². The molecule has 0 aliphatic heterocycles. The van der Waals surface area contributed by atoms with Gasteiger partial charge in [0.15, 0.2) is 0 Å². The Hall–Kier alpha value is -0.250. The van der Waals surface area contributed by atoms with Crippen molar-refractivity contribution in [1.29, 1.82) is 0 Å². The van der Waals surface area contributed by atoms with E-state index < -0.39 is 12.1 Å². The fourth-order valence-electron chi connectivity index (χ4n) is 2.81. The Morgan fingerprint density at radius 3 is 1.81 bits per heavy atom. The van der Waals surface area contributed by atoms with Crippen molar-refractivity contribution in [2.24, 2.45) is 29.4 Å². The average molecular weight is 237 g/mol. The highest BCUT2D eigenvalue weighted by molar-refractivity contribution is 4.83. The summed E-state index contributed by atoms with van der Waals surface area (Å²) in [6, 6.07) is 0. The highest BCUT2D eigenvalue weighted by Gasteiger charge is 2.44. The highest BCUT2D eigenvalue weighted by atomic mass is 19.4. The summed E-state index contributed by atoms with van der Waals surface area (Å²) in [5, 5.41) is 0. The van der Waals surface area contributed by atoms with Crippen molar-refractivity contribution >= 4 is 0 Å². The van der Waals surface area contributed by atoms with E-state index in [4.69, 9.17) is 5.73 Å². The van der Waals surface area contributed by atoms with Crippen LogP contribution in [0.2, 0.25) is 0 Å². The number of nitrogens with two attached hydrogens (primary N) is 1. The summed E-state index contributed by atoms with van der Waals surface area (Å²) in [6.45, 7) is 4.03. The molecule has 16 heavy (non-hydrogen) atoms. The molecule has 0 bridgehead atoms. The first-order chi connectivity index (χ1) is 7.36. The molecule has 0 aromatic rings. The van der Waals surface area contributed by atoms with Crippen LogP contribution in [0.15, 0.2) is 0 Å². The topological polar surface area (TPSA) is 26.0 Å². The van der Waals surface area contributed by atoms with E-state index in [1.54, 1.807) is 0 Å². The fourth-order valence-corrected chi connectivity index (χ4v) is 2.81. The molecule has 96 valence electrons. The molecule has 0 amide bonds. The Morgan fingerprint density at radius 2 is 1.50 bits per heavy atom. The van der Waals surface area contributed by atoms with Gasteiger partial charge in [0.25, 0.3) is 0 Å². The minimum atomic E-state index is -4.12. The van der Waals surface area contributed by atoms with E-state index in [0.29, 0.717) is 24.7 Å². The number of hydrogen-bond donors (Lipinski definition) is 1. The molecule has 1 aliphatic rings. The van der Waals surface area contributed by atoms with Gasteiger partial charge in [0.1, 0.15) is 0 Å². The first-order valence-corrected chi connectivity index (χ1v) is 6.13. The van der Waals surface area contributed by atoms with Crippen LogP contribution in [-0.2, 0) is 0 Å². The zero-order valence-electron chi connectivity index (χ0n) is 10.1. The molecule has 0 spiro atoms. The van der Waals surface area contributed by atoms with Crippen molar-refractivity contribution in [2.75, 3.05) is 6.54 Å². The maximum Gasteiger partial charge on any atom is 0.393 e. The van der Waals surface area contributed by atoms with Crippen molar-refractivity contribution in [3.8, 4) is 0 Å². The molecule has 0 saturated heterocycles. The third kappa shape index (κ3) is 3.37. The predicted octanol–water partition coefficient (Wildman–Crippen LogP) is 3.59. The van der Waals surface area contributed by atoms with Crippen LogP contribution in [0.1, 0.15) is 39.5 Å². The Labute approximate surface area is 95.6 Å². The summed E-state index contributed by atoms with van der Waals surface area (Å²) < 4.78 is 38.0. The largest absolute Gasteiger partial charge is 0.393 e. The molecule has 1 rings (SSSR count). The molecular weight excluding hydrogens is 215 g/mol. The van der Waals surface area contributed by atoms with Gasteiger partial charge in [-0.25, -0.2) is 0 Å². The quantitative estimate of drug-likeness (QED) is 0.797. The van der Waals surface area contributed by atoms with Crippen molar-refractivity contribution in [1.82, 2.24) is 0 Å². The van der Waals surface area contributed by atoms with Crippen LogP contribution < -0.4 is 5.73 Å². The maximum absolute atomic E-state index is 12.7. The van der Waals surface area contributed by atoms with Crippen molar-refractivity contribution in [3.05, 3.63) is 0 Å². The van der Waals surface area contributed by atoms with E-state index >= 15 is 0 Å². The molecule has 0 heterocycles. The number of alkyl halides is 3. The molecule has 1 atom stereocenters. The molecule has 4 heteroatoms. The smallest absolute Gasteiger partial charge is 0.330 e. The minimum Gasteiger partial charge on any atom is -0.330 e. The van der Waals surface area contributed by atoms with Gasteiger partial charge in [0.05, 0.1) is 5.92 Å². The Balaban J connectivity index is 2.52. The van der Waals surface area contributed by atoms with Crippen molar-refractivity contribution in [3.63, 3.8) is 0 Å². The zero-order chi connectivity index (χ0) is 12.3. The van der Waals surface area contributed by atoms with Gasteiger partial charge in [-0.05, 0) is 43.4 Å². The van der Waals surface area contributed by atoms with Gasteiger partial charge in [-0.2, -0.15) is 13.2 Å². The normalized spacial score (nSPS) is 29.4. The fraction of sp³-hybridized carbons (Fsp3) is 1.00. The van der Waals surface area contributed by atoms with Gasteiger partial charge in [-0.15, -0.1) is 0 Å². The minimum absolute atomic E-state index is 0.250. The van der Waals surface area contributed by atoms with Gasteiger partial charge >= 0.3 is 6.18 Å². The van der Waals surface area contributed by atoms with Crippen LogP contribution in [0.5, 0.6) is 0 Å². The molecule has 0 aromatic heterocycles. The standard InChI is InChI=1S/C12H22F3N/c1-8(2)9-3-5-10(6-4-9)11(7-16)12(13,14)15/h8-11H,3-7,16H2,1-2H3. The molecule has 0 aromatic carbocycles. The number of hydrogen-bond acceptors (Lipinski definition) is 1. The van der Waals surface area contributed by atoms with Crippen LogP contribution in [0.4, 0.5) is 13.2 Å². The first-order valence-electron chi connectivity index (χ1n) is 6.13. The Morgan fingerprint density at radius 1 is 1.06 bits per heavy atom. The summed E-state index contributed by atoms with van der Waals surface area (Å²) in [7, 11) is 0. The third-order valence-electron chi connectivity index (χ3n) is 4.00. The SMILES string of the molecule is CC(C)C1CCC(C(CN)C(F)(F)F)CC1. The molecule has 2 N–H and O–H groups in total. The van der Waals surface area contributed by atoms with Crippen LogP contribution in [0.25, 0.3) is 0 Å². The predicted molar refractivity (Wildman–Crippen MR) is 58.9 cm³/mol. The van der Waals surface area contributed by atoms with Crippen LogP contribution in [0.3, 0.4) is 0 Å². The summed E-state index contributed by atoms with van der Waals surface area (Å²) in [5.74, 6) is -0.355. The van der Waals surface area contributed by atoms with E-state index in [9.17, 15) is 13.2 Å². The lowest BCUT2D eigenvalue weighted by atomic mass is 9.72. The average Bonchev–Trinajstić information content (AvgIpc) is 2.17. The maximum atomic E-state index is 12.7. The van der Waals surface area contributed by atoms with E-state index in [1.165, 1.54) is 0 Å². The number of rotatable bonds is 3. The lowest BCUT2D eigenvalue weighted by molar-refractivity contribution is -0.189. The summed E-state index contributed by atoms with van der Waals surface area (Å²) in [5.41, 5.74) is 5.26. The zero-order valence-corrected chi connectivity index (χ0v) is 10.1. The lowest BCUT2D eigenvalue weighted by Gasteiger charge is -2.35.